The lowest BCUT2D eigenvalue weighted by molar-refractivity contribution is 0.198. The van der Waals surface area contributed by atoms with Gasteiger partial charge in [0.2, 0.25) is 0 Å². The summed E-state index contributed by atoms with van der Waals surface area (Å²) in [6.45, 7) is 5.68. The Hall–Kier alpha value is -1.69. The lowest BCUT2D eigenvalue weighted by atomic mass is 10.2. The monoisotopic (exact) mass is 387 g/mol. The van der Waals surface area contributed by atoms with Crippen LogP contribution in [0.5, 0.6) is 0 Å². The summed E-state index contributed by atoms with van der Waals surface area (Å²) < 4.78 is 0. The predicted octanol–water partition coefficient (Wildman–Crippen LogP) is 4.54. The Balaban J connectivity index is 1.62. The summed E-state index contributed by atoms with van der Waals surface area (Å²) >= 11 is 7.80. The molecule has 1 aromatic carbocycles. The maximum absolute atomic E-state index is 12.6. The molecule has 0 bridgehead atoms. The molecule has 0 aliphatic heterocycles. The van der Waals surface area contributed by atoms with Gasteiger partial charge in [-0.2, -0.15) is 0 Å². The number of hydrogen-bond donors (Lipinski definition) is 1. The fourth-order valence-electron chi connectivity index (χ4n) is 3.60. The molecule has 4 rings (SSSR count). The number of halogens is 1. The van der Waals surface area contributed by atoms with E-state index in [1.54, 1.807) is 11.3 Å². The summed E-state index contributed by atoms with van der Waals surface area (Å²) in [5.41, 5.74) is 2.39. The quantitative estimate of drug-likeness (QED) is 0.699. The number of aromatic amines is 1. The van der Waals surface area contributed by atoms with Crippen LogP contribution in [0, 0.1) is 0 Å². The van der Waals surface area contributed by atoms with Crippen molar-refractivity contribution in [2.75, 3.05) is 0 Å². The van der Waals surface area contributed by atoms with Crippen LogP contribution in [0.25, 0.3) is 10.2 Å². The summed E-state index contributed by atoms with van der Waals surface area (Å²) in [5, 5.41) is 1.56. The van der Waals surface area contributed by atoms with Crippen molar-refractivity contribution >= 4 is 33.2 Å². The van der Waals surface area contributed by atoms with Crippen molar-refractivity contribution in [1.29, 1.82) is 0 Å². The first-order chi connectivity index (χ1) is 12.5. The normalized spacial score (nSPS) is 13.9. The number of H-pyrrole nitrogens is 1. The van der Waals surface area contributed by atoms with Crippen molar-refractivity contribution in [3.8, 4) is 0 Å². The molecule has 3 aromatic rings. The van der Waals surface area contributed by atoms with Crippen LogP contribution >= 0.6 is 22.9 Å². The Morgan fingerprint density at radius 3 is 2.92 bits per heavy atom. The molecule has 2 aromatic heterocycles. The van der Waals surface area contributed by atoms with Gasteiger partial charge in [0, 0.05) is 22.5 Å². The van der Waals surface area contributed by atoms with E-state index in [2.05, 4.69) is 29.8 Å². The van der Waals surface area contributed by atoms with Gasteiger partial charge in [-0.05, 0) is 56.4 Å². The predicted molar refractivity (Wildman–Crippen MR) is 108 cm³/mol. The standard InChI is InChI=1S/C20H22ClN3OS/c1-12(2)24(10-13-5-3-6-14(21)9-13)11-17-22-19(25)18-15-7-4-8-16(15)26-20(18)23-17/h3,5-6,9,12H,4,7-8,10-11H2,1-2H3,(H,22,23,25). The third kappa shape index (κ3) is 3.43. The molecule has 0 unspecified atom stereocenters. The number of aryl methyl sites for hydroxylation is 2. The highest BCUT2D eigenvalue weighted by molar-refractivity contribution is 7.18. The van der Waals surface area contributed by atoms with Crippen molar-refractivity contribution in [3.05, 3.63) is 61.5 Å². The maximum Gasteiger partial charge on any atom is 0.259 e. The molecule has 1 aliphatic rings. The Labute approximate surface area is 161 Å². The number of nitrogens with zero attached hydrogens (tertiary/aromatic N) is 2. The van der Waals surface area contributed by atoms with Gasteiger partial charge in [-0.15, -0.1) is 11.3 Å². The van der Waals surface area contributed by atoms with E-state index >= 15 is 0 Å². The number of thiophene rings is 1. The number of fused-ring (bicyclic) bond motifs is 3. The molecule has 0 fully saturated rings. The van der Waals surface area contributed by atoms with Crippen LogP contribution in [0.15, 0.2) is 29.1 Å². The Kier molecular flexibility index (Phi) is 4.86. The van der Waals surface area contributed by atoms with Gasteiger partial charge in [0.25, 0.3) is 5.56 Å². The minimum absolute atomic E-state index is 0.0101. The SMILES string of the molecule is CC(C)N(Cc1cccc(Cl)c1)Cc1nc2sc3c(c2c(=O)[nH]1)CCC3. The third-order valence-corrected chi connectivity index (χ3v) is 6.40. The molecule has 6 heteroatoms. The highest BCUT2D eigenvalue weighted by atomic mass is 35.5. The molecular formula is C20H22ClN3OS. The second-order valence-corrected chi connectivity index (χ2v) is 8.70. The van der Waals surface area contributed by atoms with Crippen LogP contribution in [-0.2, 0) is 25.9 Å². The molecule has 136 valence electrons. The minimum Gasteiger partial charge on any atom is -0.309 e. The lowest BCUT2D eigenvalue weighted by Crippen LogP contribution is -2.31. The smallest absolute Gasteiger partial charge is 0.259 e. The van der Waals surface area contributed by atoms with Gasteiger partial charge in [0.15, 0.2) is 0 Å². The molecule has 1 aliphatic carbocycles. The van der Waals surface area contributed by atoms with Crippen LogP contribution in [0.1, 0.15) is 42.1 Å². The summed E-state index contributed by atoms with van der Waals surface area (Å²) in [6.07, 6.45) is 3.24. The highest BCUT2D eigenvalue weighted by Gasteiger charge is 2.22. The number of aromatic nitrogens is 2. The van der Waals surface area contributed by atoms with E-state index in [1.165, 1.54) is 10.4 Å². The Morgan fingerprint density at radius 2 is 2.15 bits per heavy atom. The fraction of sp³-hybridized carbons (Fsp3) is 0.400. The van der Waals surface area contributed by atoms with Crippen molar-refractivity contribution in [3.63, 3.8) is 0 Å². The van der Waals surface area contributed by atoms with E-state index in [1.807, 2.05) is 18.2 Å². The topological polar surface area (TPSA) is 49.0 Å². The molecule has 0 amide bonds. The van der Waals surface area contributed by atoms with Gasteiger partial charge in [0.1, 0.15) is 10.7 Å². The second-order valence-electron chi connectivity index (χ2n) is 7.18. The average Bonchev–Trinajstić information content (AvgIpc) is 3.14. The van der Waals surface area contributed by atoms with E-state index in [0.29, 0.717) is 12.6 Å². The van der Waals surface area contributed by atoms with Gasteiger partial charge in [-0.1, -0.05) is 23.7 Å². The zero-order valence-electron chi connectivity index (χ0n) is 15.0. The van der Waals surface area contributed by atoms with Crippen LogP contribution in [0.3, 0.4) is 0 Å². The van der Waals surface area contributed by atoms with E-state index in [0.717, 1.165) is 52.4 Å². The highest BCUT2D eigenvalue weighted by Crippen LogP contribution is 2.34. The number of nitrogens with one attached hydrogen (secondary N) is 1. The largest absolute Gasteiger partial charge is 0.309 e. The van der Waals surface area contributed by atoms with Gasteiger partial charge >= 0.3 is 0 Å². The first kappa shape index (κ1) is 17.7. The number of hydrogen-bond acceptors (Lipinski definition) is 4. The maximum atomic E-state index is 12.6. The fourth-order valence-corrected chi connectivity index (χ4v) is 5.10. The summed E-state index contributed by atoms with van der Waals surface area (Å²) in [6, 6.07) is 8.23. The van der Waals surface area contributed by atoms with Crippen LogP contribution in [0.2, 0.25) is 5.02 Å². The molecule has 0 atom stereocenters. The van der Waals surface area contributed by atoms with Gasteiger partial charge in [-0.25, -0.2) is 4.98 Å². The molecular weight excluding hydrogens is 366 g/mol. The van der Waals surface area contributed by atoms with Crippen LogP contribution < -0.4 is 5.56 Å². The van der Waals surface area contributed by atoms with Crippen LogP contribution in [0.4, 0.5) is 0 Å². The third-order valence-electron chi connectivity index (χ3n) is 4.98. The van der Waals surface area contributed by atoms with Crippen molar-refractivity contribution < 1.29 is 0 Å². The zero-order valence-corrected chi connectivity index (χ0v) is 16.6. The zero-order chi connectivity index (χ0) is 18.3. The molecule has 4 nitrogen and oxygen atoms in total. The van der Waals surface area contributed by atoms with Gasteiger partial charge in [0.05, 0.1) is 11.9 Å². The molecule has 0 spiro atoms. The van der Waals surface area contributed by atoms with Crippen molar-refractivity contribution in [2.45, 2.75) is 52.2 Å². The summed E-state index contributed by atoms with van der Waals surface area (Å²) in [7, 11) is 0. The Bertz CT molecular complexity index is 1010. The molecule has 1 N–H and O–H groups in total. The summed E-state index contributed by atoms with van der Waals surface area (Å²) in [4.78, 5) is 25.0. The van der Waals surface area contributed by atoms with Crippen molar-refractivity contribution in [1.82, 2.24) is 14.9 Å². The summed E-state index contributed by atoms with van der Waals surface area (Å²) in [5.74, 6) is 0.734. The van der Waals surface area contributed by atoms with Crippen LogP contribution in [-0.4, -0.2) is 20.9 Å². The molecule has 26 heavy (non-hydrogen) atoms. The first-order valence-corrected chi connectivity index (χ1v) is 10.2. The van der Waals surface area contributed by atoms with E-state index in [4.69, 9.17) is 16.6 Å². The first-order valence-electron chi connectivity index (χ1n) is 9.03. The van der Waals surface area contributed by atoms with E-state index in [9.17, 15) is 4.79 Å². The van der Waals surface area contributed by atoms with Gasteiger partial charge in [-0.3, -0.25) is 9.69 Å². The van der Waals surface area contributed by atoms with E-state index in [-0.39, 0.29) is 5.56 Å². The lowest BCUT2D eigenvalue weighted by Gasteiger charge is -2.26. The Morgan fingerprint density at radius 1 is 1.31 bits per heavy atom. The van der Waals surface area contributed by atoms with E-state index < -0.39 is 0 Å². The van der Waals surface area contributed by atoms with Gasteiger partial charge < -0.3 is 4.98 Å². The molecule has 0 saturated heterocycles. The molecule has 0 radical (unpaired) electrons. The number of benzene rings is 1. The minimum atomic E-state index is 0.0101. The second kappa shape index (κ2) is 7.14. The van der Waals surface area contributed by atoms with Crippen molar-refractivity contribution in [2.24, 2.45) is 0 Å². The number of rotatable bonds is 5. The average molecular weight is 388 g/mol. The molecule has 0 saturated carbocycles. The molecule has 2 heterocycles.